The molecule has 0 aromatic heterocycles. The fraction of sp³-hybridized carbons (Fsp3) is 0.562. The first-order valence-electron chi connectivity index (χ1n) is 7.79. The van der Waals surface area contributed by atoms with Crippen molar-refractivity contribution in [1.29, 1.82) is 0 Å². The first-order valence-corrected chi connectivity index (χ1v) is 7.79. The average Bonchev–Trinajstić information content (AvgIpc) is 2.62. The highest BCUT2D eigenvalue weighted by Gasteiger charge is 2.46. The lowest BCUT2D eigenvalue weighted by Gasteiger charge is -2.42. The summed E-state index contributed by atoms with van der Waals surface area (Å²) in [6, 6.07) is 0. The highest BCUT2D eigenvalue weighted by molar-refractivity contribution is 5.94. The molecule has 0 aromatic rings. The summed E-state index contributed by atoms with van der Waals surface area (Å²) in [4.78, 5) is 11.8. The van der Waals surface area contributed by atoms with Gasteiger partial charge in [0.15, 0.2) is 6.29 Å². The van der Waals surface area contributed by atoms with Crippen molar-refractivity contribution in [1.82, 2.24) is 0 Å². The van der Waals surface area contributed by atoms with Gasteiger partial charge in [0.25, 0.3) is 0 Å². The Morgan fingerprint density at radius 2 is 2.00 bits per heavy atom. The molecule has 3 aliphatic heterocycles. The van der Waals surface area contributed by atoms with E-state index in [1.54, 1.807) is 6.08 Å². The summed E-state index contributed by atoms with van der Waals surface area (Å²) in [6.45, 7) is 3.25. The van der Waals surface area contributed by atoms with E-state index in [9.17, 15) is 25.2 Å². The molecule has 0 aromatic carbocycles. The molecule has 3 rings (SSSR count). The van der Waals surface area contributed by atoms with Gasteiger partial charge < -0.3 is 39.4 Å². The van der Waals surface area contributed by atoms with E-state index in [2.05, 4.69) is 6.58 Å². The van der Waals surface area contributed by atoms with Gasteiger partial charge in [0.05, 0.1) is 18.1 Å². The van der Waals surface area contributed by atoms with E-state index < -0.39 is 55.5 Å². The van der Waals surface area contributed by atoms with Crippen LogP contribution in [0.1, 0.15) is 0 Å². The van der Waals surface area contributed by atoms with Gasteiger partial charge in [-0.3, -0.25) is 0 Å². The van der Waals surface area contributed by atoms with Crippen LogP contribution in [0.15, 0.2) is 36.1 Å². The van der Waals surface area contributed by atoms with Crippen molar-refractivity contribution in [2.45, 2.75) is 37.0 Å². The van der Waals surface area contributed by atoms with Crippen LogP contribution in [0, 0.1) is 5.92 Å². The van der Waals surface area contributed by atoms with Gasteiger partial charge >= 0.3 is 5.97 Å². The predicted octanol–water partition coefficient (Wildman–Crippen LogP) is -1.67. The summed E-state index contributed by atoms with van der Waals surface area (Å²) >= 11 is 0. The summed E-state index contributed by atoms with van der Waals surface area (Å²) in [6.07, 6.45) is -3.61. The summed E-state index contributed by atoms with van der Waals surface area (Å²) in [5.74, 6) is -1.06. The first kappa shape index (κ1) is 18.1. The Labute approximate surface area is 143 Å². The van der Waals surface area contributed by atoms with Crippen LogP contribution in [0.3, 0.4) is 0 Å². The van der Waals surface area contributed by atoms with Crippen LogP contribution in [-0.4, -0.2) is 76.6 Å². The normalized spacial score (nSPS) is 41.0. The number of carbonyl (C=O) groups is 1. The maximum atomic E-state index is 11.8. The van der Waals surface area contributed by atoms with Gasteiger partial charge in [-0.2, -0.15) is 0 Å². The standard InChI is InChI=1S/C16H20O9/c1-2-7-8-3-4-22-14(21)9(8)6-23-15(7)25-16-13(20)12(19)11(18)10(5-17)24-16/h2-3,6-7,10-13,15-20H,1,4-5H2/t7-,10-,11-,12?,13-,15+,16+/m1/s1. The van der Waals surface area contributed by atoms with Gasteiger partial charge in [0.2, 0.25) is 6.29 Å². The fourth-order valence-electron chi connectivity index (χ4n) is 2.98. The van der Waals surface area contributed by atoms with Crippen molar-refractivity contribution >= 4 is 5.97 Å². The number of carbonyl (C=O) groups excluding carboxylic acids is 1. The molecule has 1 saturated heterocycles. The molecule has 0 amide bonds. The summed E-state index contributed by atoms with van der Waals surface area (Å²) in [5.41, 5.74) is 0.872. The lowest BCUT2D eigenvalue weighted by atomic mass is 9.89. The second kappa shape index (κ2) is 7.24. The molecule has 0 bridgehead atoms. The molecule has 9 nitrogen and oxygen atoms in total. The number of cyclic esters (lactones) is 1. The van der Waals surface area contributed by atoms with Crippen LogP contribution in [0.25, 0.3) is 0 Å². The van der Waals surface area contributed by atoms with Gasteiger partial charge in [-0.25, -0.2) is 4.79 Å². The molecule has 0 saturated carbocycles. The van der Waals surface area contributed by atoms with Gasteiger partial charge in [-0.1, -0.05) is 6.08 Å². The van der Waals surface area contributed by atoms with E-state index in [1.807, 2.05) is 0 Å². The Kier molecular flexibility index (Phi) is 5.23. The van der Waals surface area contributed by atoms with Crippen molar-refractivity contribution in [3.63, 3.8) is 0 Å². The number of ether oxygens (including phenoxy) is 4. The SMILES string of the molecule is C=C[C@@H]1C2=CCOC(=O)C2=CO[C@H]1O[C@@H]1O[C@H](CO)[C@@H](O)C(O)[C@H]1O. The van der Waals surface area contributed by atoms with Gasteiger partial charge in [0.1, 0.15) is 37.3 Å². The molecule has 0 aliphatic carbocycles. The van der Waals surface area contributed by atoms with E-state index in [0.717, 1.165) is 0 Å². The number of fused-ring (bicyclic) bond motifs is 1. The largest absolute Gasteiger partial charge is 0.471 e. The molecule has 9 heteroatoms. The van der Waals surface area contributed by atoms with Crippen LogP contribution < -0.4 is 0 Å². The Balaban J connectivity index is 1.78. The smallest absolute Gasteiger partial charge is 0.341 e. The summed E-state index contributed by atoms with van der Waals surface area (Å²) in [5, 5.41) is 38.9. The number of rotatable bonds is 4. The molecule has 25 heavy (non-hydrogen) atoms. The van der Waals surface area contributed by atoms with Gasteiger partial charge in [-0.05, 0) is 11.6 Å². The molecular formula is C16H20O9. The number of aliphatic hydroxyl groups excluding tert-OH is 4. The zero-order chi connectivity index (χ0) is 18.1. The van der Waals surface area contributed by atoms with E-state index in [1.165, 1.54) is 12.3 Å². The molecule has 0 radical (unpaired) electrons. The van der Waals surface area contributed by atoms with Crippen molar-refractivity contribution < 1.29 is 44.2 Å². The molecular weight excluding hydrogens is 336 g/mol. The van der Waals surface area contributed by atoms with Crippen LogP contribution >= 0.6 is 0 Å². The van der Waals surface area contributed by atoms with Crippen molar-refractivity contribution in [2.24, 2.45) is 5.92 Å². The first-order chi connectivity index (χ1) is 12.0. The predicted molar refractivity (Wildman–Crippen MR) is 80.5 cm³/mol. The fourth-order valence-corrected chi connectivity index (χ4v) is 2.98. The Bertz CT molecular complexity index is 596. The molecule has 0 spiro atoms. The zero-order valence-corrected chi connectivity index (χ0v) is 13.2. The monoisotopic (exact) mass is 356 g/mol. The van der Waals surface area contributed by atoms with Crippen LogP contribution in [0.2, 0.25) is 0 Å². The average molecular weight is 356 g/mol. The summed E-state index contributed by atoms with van der Waals surface area (Å²) in [7, 11) is 0. The van der Waals surface area contributed by atoms with Crippen molar-refractivity contribution in [3.05, 3.63) is 36.1 Å². The number of hydrogen-bond donors (Lipinski definition) is 4. The Morgan fingerprint density at radius 1 is 1.24 bits per heavy atom. The van der Waals surface area contributed by atoms with Crippen molar-refractivity contribution in [2.75, 3.05) is 13.2 Å². The molecule has 1 fully saturated rings. The molecule has 3 heterocycles. The zero-order valence-electron chi connectivity index (χ0n) is 13.2. The van der Waals surface area contributed by atoms with Gasteiger partial charge in [0, 0.05) is 0 Å². The third-order valence-electron chi connectivity index (χ3n) is 4.39. The number of hydrogen-bond acceptors (Lipinski definition) is 9. The van der Waals surface area contributed by atoms with E-state index in [0.29, 0.717) is 5.57 Å². The van der Waals surface area contributed by atoms with E-state index in [-0.39, 0.29) is 12.2 Å². The third-order valence-corrected chi connectivity index (χ3v) is 4.39. The van der Waals surface area contributed by atoms with Gasteiger partial charge in [-0.15, -0.1) is 6.58 Å². The van der Waals surface area contributed by atoms with Crippen LogP contribution in [-0.2, 0) is 23.7 Å². The highest BCUT2D eigenvalue weighted by Crippen LogP contribution is 2.35. The molecule has 4 N–H and O–H groups in total. The third kappa shape index (κ3) is 3.22. The Hall–Kier alpha value is -1.75. The van der Waals surface area contributed by atoms with E-state index in [4.69, 9.17) is 18.9 Å². The maximum absolute atomic E-state index is 11.8. The molecule has 138 valence electrons. The number of esters is 1. The van der Waals surface area contributed by atoms with Crippen LogP contribution in [0.5, 0.6) is 0 Å². The maximum Gasteiger partial charge on any atom is 0.341 e. The van der Waals surface area contributed by atoms with Crippen molar-refractivity contribution in [3.8, 4) is 0 Å². The molecule has 1 unspecified atom stereocenters. The lowest BCUT2D eigenvalue weighted by molar-refractivity contribution is -0.336. The molecule has 3 aliphatic rings. The lowest BCUT2D eigenvalue weighted by Crippen LogP contribution is -2.60. The summed E-state index contributed by atoms with van der Waals surface area (Å²) < 4.78 is 21.2. The second-order valence-corrected chi connectivity index (χ2v) is 5.89. The van der Waals surface area contributed by atoms with E-state index >= 15 is 0 Å². The highest BCUT2D eigenvalue weighted by atomic mass is 16.8. The number of aliphatic hydroxyl groups is 4. The Morgan fingerprint density at radius 3 is 2.68 bits per heavy atom. The minimum Gasteiger partial charge on any atom is -0.471 e. The second-order valence-electron chi connectivity index (χ2n) is 5.89. The van der Waals surface area contributed by atoms with Crippen LogP contribution in [0.4, 0.5) is 0 Å². The quantitative estimate of drug-likeness (QED) is 0.344. The topological polar surface area (TPSA) is 135 Å². The molecule has 7 atom stereocenters. The minimum atomic E-state index is -1.56. The minimum absolute atomic E-state index is 0.114.